The van der Waals surface area contributed by atoms with E-state index in [2.05, 4.69) is 48.0 Å². The van der Waals surface area contributed by atoms with Crippen molar-refractivity contribution in [3.63, 3.8) is 0 Å². The minimum atomic E-state index is 0.217. The summed E-state index contributed by atoms with van der Waals surface area (Å²) in [6, 6.07) is 9.62. The number of nitrogens with one attached hydrogen (secondary N) is 1. The molecule has 1 aromatic rings. The zero-order valence-electron chi connectivity index (χ0n) is 15.3. The first-order chi connectivity index (χ1) is 11.6. The van der Waals surface area contributed by atoms with Crippen LogP contribution in [-0.2, 0) is 6.54 Å². The minimum absolute atomic E-state index is 0.217. The van der Waals surface area contributed by atoms with Crippen molar-refractivity contribution in [3.8, 4) is 0 Å². The topological polar surface area (TPSA) is 35.6 Å². The van der Waals surface area contributed by atoms with Gasteiger partial charge in [-0.1, -0.05) is 19.1 Å². The summed E-state index contributed by atoms with van der Waals surface area (Å²) in [7, 11) is 0. The van der Waals surface area contributed by atoms with Gasteiger partial charge in [-0.2, -0.15) is 0 Å². The van der Waals surface area contributed by atoms with Gasteiger partial charge < -0.3 is 10.2 Å². The molecule has 2 atom stereocenters. The van der Waals surface area contributed by atoms with Gasteiger partial charge in [0.15, 0.2) is 0 Å². The molecule has 4 nitrogen and oxygen atoms in total. The molecule has 2 bridgehead atoms. The van der Waals surface area contributed by atoms with Crippen LogP contribution in [0.1, 0.15) is 56.0 Å². The molecule has 1 N–H and O–H groups in total. The highest BCUT2D eigenvalue weighted by atomic mass is 16.2. The molecule has 0 saturated carbocycles. The zero-order valence-corrected chi connectivity index (χ0v) is 15.3. The smallest absolute Gasteiger partial charge is 0.254 e. The van der Waals surface area contributed by atoms with Gasteiger partial charge in [0.1, 0.15) is 0 Å². The lowest BCUT2D eigenvalue weighted by molar-refractivity contribution is 0.0680. The lowest BCUT2D eigenvalue weighted by atomic mass is 10.1. The Morgan fingerprint density at radius 1 is 1.21 bits per heavy atom. The average molecular weight is 329 g/mol. The van der Waals surface area contributed by atoms with E-state index in [1.54, 1.807) is 0 Å². The van der Waals surface area contributed by atoms with Crippen LogP contribution in [-0.4, -0.2) is 53.5 Å². The van der Waals surface area contributed by atoms with Crippen molar-refractivity contribution in [2.24, 2.45) is 0 Å². The summed E-state index contributed by atoms with van der Waals surface area (Å²) in [5, 5.41) is 3.46. The fraction of sp³-hybridized carbons (Fsp3) is 0.650. The van der Waals surface area contributed by atoms with E-state index in [1.165, 1.54) is 5.56 Å². The monoisotopic (exact) mass is 329 g/mol. The maximum Gasteiger partial charge on any atom is 0.254 e. The van der Waals surface area contributed by atoms with Crippen molar-refractivity contribution in [2.45, 2.75) is 64.7 Å². The molecule has 132 valence electrons. The van der Waals surface area contributed by atoms with Crippen molar-refractivity contribution >= 4 is 5.91 Å². The van der Waals surface area contributed by atoms with Gasteiger partial charge in [-0.25, -0.2) is 0 Å². The Labute approximate surface area is 146 Å². The zero-order chi connectivity index (χ0) is 17.1. The van der Waals surface area contributed by atoms with Crippen molar-refractivity contribution in [3.05, 3.63) is 35.4 Å². The van der Waals surface area contributed by atoms with E-state index in [1.807, 2.05) is 12.1 Å². The van der Waals surface area contributed by atoms with Gasteiger partial charge in [-0.15, -0.1) is 0 Å². The number of benzene rings is 1. The Morgan fingerprint density at radius 3 is 2.58 bits per heavy atom. The van der Waals surface area contributed by atoms with Crippen LogP contribution in [0.5, 0.6) is 0 Å². The largest absolute Gasteiger partial charge is 0.331 e. The third kappa shape index (κ3) is 3.65. The number of hydrogen-bond donors (Lipinski definition) is 1. The third-order valence-corrected chi connectivity index (χ3v) is 5.61. The Hall–Kier alpha value is -1.39. The number of amides is 1. The molecular formula is C20H31N3O. The molecule has 2 heterocycles. The predicted molar refractivity (Wildman–Crippen MR) is 98.1 cm³/mol. The summed E-state index contributed by atoms with van der Waals surface area (Å²) < 4.78 is 0. The Bertz CT molecular complexity index is 541. The van der Waals surface area contributed by atoms with Crippen LogP contribution in [0, 0.1) is 0 Å². The maximum atomic E-state index is 13.0. The molecule has 2 fully saturated rings. The Kier molecular flexibility index (Phi) is 5.57. The predicted octanol–water partition coefficient (Wildman–Crippen LogP) is 2.88. The van der Waals surface area contributed by atoms with Crippen molar-refractivity contribution in [2.75, 3.05) is 19.6 Å². The molecule has 2 saturated heterocycles. The normalized spacial score (nSPS) is 23.8. The molecule has 0 aromatic heterocycles. The molecule has 4 heteroatoms. The SMILES string of the molecule is CCN(Cc1ccc(C(=O)N2C3CCNCC2CC3)cc1)C(C)C. The van der Waals surface area contributed by atoms with E-state index in [9.17, 15) is 4.79 Å². The van der Waals surface area contributed by atoms with E-state index >= 15 is 0 Å². The van der Waals surface area contributed by atoms with Crippen LogP contribution < -0.4 is 5.32 Å². The fourth-order valence-corrected chi connectivity index (χ4v) is 4.11. The molecule has 2 aliphatic heterocycles. The van der Waals surface area contributed by atoms with Crippen LogP contribution >= 0.6 is 0 Å². The maximum absolute atomic E-state index is 13.0. The first kappa shape index (κ1) is 17.4. The van der Waals surface area contributed by atoms with Crippen LogP contribution in [0.25, 0.3) is 0 Å². The molecule has 3 rings (SSSR count). The van der Waals surface area contributed by atoms with Crippen LogP contribution in [0.3, 0.4) is 0 Å². The summed E-state index contributed by atoms with van der Waals surface area (Å²) in [6.45, 7) is 10.6. The van der Waals surface area contributed by atoms with Crippen molar-refractivity contribution in [1.29, 1.82) is 0 Å². The van der Waals surface area contributed by atoms with Gasteiger partial charge in [0.25, 0.3) is 5.91 Å². The number of hydrogen-bond acceptors (Lipinski definition) is 3. The average Bonchev–Trinajstić information content (AvgIpc) is 2.85. The highest BCUT2D eigenvalue weighted by molar-refractivity contribution is 5.95. The highest BCUT2D eigenvalue weighted by Crippen LogP contribution is 2.29. The molecule has 1 aromatic carbocycles. The minimum Gasteiger partial charge on any atom is -0.331 e. The van der Waals surface area contributed by atoms with Gasteiger partial charge in [0.2, 0.25) is 0 Å². The van der Waals surface area contributed by atoms with Crippen molar-refractivity contribution in [1.82, 2.24) is 15.1 Å². The highest BCUT2D eigenvalue weighted by Gasteiger charge is 2.38. The van der Waals surface area contributed by atoms with E-state index in [-0.39, 0.29) is 5.91 Å². The van der Waals surface area contributed by atoms with Crippen LogP contribution in [0.4, 0.5) is 0 Å². The van der Waals surface area contributed by atoms with Gasteiger partial charge >= 0.3 is 0 Å². The first-order valence-corrected chi connectivity index (χ1v) is 9.46. The van der Waals surface area contributed by atoms with E-state index < -0.39 is 0 Å². The van der Waals surface area contributed by atoms with E-state index in [0.717, 1.165) is 51.0 Å². The molecule has 0 aliphatic carbocycles. The number of fused-ring (bicyclic) bond motifs is 2. The molecule has 1 amide bonds. The second-order valence-corrected chi connectivity index (χ2v) is 7.44. The van der Waals surface area contributed by atoms with Crippen molar-refractivity contribution < 1.29 is 4.79 Å². The second kappa shape index (κ2) is 7.66. The molecular weight excluding hydrogens is 298 g/mol. The number of rotatable bonds is 5. The quantitative estimate of drug-likeness (QED) is 0.902. The lowest BCUT2D eigenvalue weighted by Crippen LogP contribution is -2.42. The molecule has 24 heavy (non-hydrogen) atoms. The molecule has 0 spiro atoms. The summed E-state index contributed by atoms with van der Waals surface area (Å²) >= 11 is 0. The van der Waals surface area contributed by atoms with Gasteiger partial charge in [-0.05, 0) is 63.9 Å². The third-order valence-electron chi connectivity index (χ3n) is 5.61. The molecule has 2 aliphatic rings. The molecule has 2 unspecified atom stereocenters. The second-order valence-electron chi connectivity index (χ2n) is 7.44. The Morgan fingerprint density at radius 2 is 1.92 bits per heavy atom. The summed E-state index contributed by atoms with van der Waals surface area (Å²) in [5.41, 5.74) is 2.12. The van der Waals surface area contributed by atoms with E-state index in [0.29, 0.717) is 18.1 Å². The number of carbonyl (C=O) groups is 1. The summed E-state index contributed by atoms with van der Waals surface area (Å²) in [6.07, 6.45) is 3.39. The van der Waals surface area contributed by atoms with Crippen LogP contribution in [0.15, 0.2) is 24.3 Å². The van der Waals surface area contributed by atoms with Gasteiger partial charge in [0, 0.05) is 36.8 Å². The fourth-order valence-electron chi connectivity index (χ4n) is 4.11. The lowest BCUT2D eigenvalue weighted by Gasteiger charge is -2.28. The standard InChI is InChI=1S/C20H31N3O/c1-4-22(15(2)3)14-16-5-7-17(8-6-16)20(24)23-18-9-10-19(23)13-21-12-11-18/h5-8,15,18-19,21H,4,9-14H2,1-3H3. The Balaban J connectivity index is 1.70. The summed E-state index contributed by atoms with van der Waals surface area (Å²) in [4.78, 5) is 17.6. The first-order valence-electron chi connectivity index (χ1n) is 9.46. The summed E-state index contributed by atoms with van der Waals surface area (Å²) in [5.74, 6) is 0.217. The number of carbonyl (C=O) groups excluding carboxylic acids is 1. The molecule has 0 radical (unpaired) electrons. The van der Waals surface area contributed by atoms with E-state index in [4.69, 9.17) is 0 Å². The van der Waals surface area contributed by atoms with Gasteiger partial charge in [0.05, 0.1) is 0 Å². The van der Waals surface area contributed by atoms with Crippen LogP contribution in [0.2, 0.25) is 0 Å². The number of nitrogens with zero attached hydrogens (tertiary/aromatic N) is 2. The van der Waals surface area contributed by atoms with Gasteiger partial charge in [-0.3, -0.25) is 9.69 Å².